The molecule has 104 valence electrons. The molecule has 7 heteroatoms. The maximum absolute atomic E-state index is 11.5. The number of aromatic nitrogens is 2. The average Bonchev–Trinajstić information content (AvgIpc) is 3.20. The minimum atomic E-state index is 0.107. The van der Waals surface area contributed by atoms with Gasteiger partial charge in [-0.15, -0.1) is 0 Å². The zero-order valence-electron chi connectivity index (χ0n) is 10.8. The third-order valence-electron chi connectivity index (χ3n) is 2.72. The van der Waals surface area contributed by atoms with Gasteiger partial charge in [0.25, 0.3) is 0 Å². The van der Waals surface area contributed by atoms with E-state index in [1.807, 2.05) is 0 Å². The van der Waals surface area contributed by atoms with Crippen molar-refractivity contribution in [3.8, 4) is 6.01 Å². The molecule has 1 heterocycles. The summed E-state index contributed by atoms with van der Waals surface area (Å²) in [6.45, 7) is 0.623. The lowest BCUT2D eigenvalue weighted by atomic mass is 10.3. The molecule has 1 aromatic rings. The highest BCUT2D eigenvalue weighted by Crippen LogP contribution is 2.20. The SMILES string of the molecule is COc1ncc(Cl)c(NCCCC(=O)NC2CC2)n1. The van der Waals surface area contributed by atoms with E-state index in [4.69, 9.17) is 16.3 Å². The molecule has 0 aromatic carbocycles. The van der Waals surface area contributed by atoms with Gasteiger partial charge >= 0.3 is 6.01 Å². The molecule has 0 spiro atoms. The van der Waals surface area contributed by atoms with Crippen molar-refractivity contribution >= 4 is 23.3 Å². The minimum absolute atomic E-state index is 0.107. The van der Waals surface area contributed by atoms with E-state index in [1.165, 1.54) is 13.3 Å². The van der Waals surface area contributed by atoms with E-state index in [-0.39, 0.29) is 11.9 Å². The van der Waals surface area contributed by atoms with Crippen molar-refractivity contribution in [1.29, 1.82) is 0 Å². The first-order chi connectivity index (χ1) is 9.19. The number of nitrogens with one attached hydrogen (secondary N) is 2. The number of ether oxygens (including phenoxy) is 1. The van der Waals surface area contributed by atoms with E-state index in [0.717, 1.165) is 19.3 Å². The Labute approximate surface area is 116 Å². The van der Waals surface area contributed by atoms with Gasteiger partial charge in [-0.05, 0) is 19.3 Å². The van der Waals surface area contributed by atoms with Gasteiger partial charge in [-0.3, -0.25) is 4.79 Å². The summed E-state index contributed by atoms with van der Waals surface area (Å²) < 4.78 is 4.92. The summed E-state index contributed by atoms with van der Waals surface area (Å²) in [6, 6.07) is 0.680. The second kappa shape index (κ2) is 6.56. The molecule has 1 aliphatic carbocycles. The fourth-order valence-corrected chi connectivity index (χ4v) is 1.71. The first kappa shape index (κ1) is 13.9. The summed E-state index contributed by atoms with van der Waals surface area (Å²) in [5.74, 6) is 0.631. The molecule has 0 radical (unpaired) electrons. The van der Waals surface area contributed by atoms with Crippen LogP contribution in [0, 0.1) is 0 Å². The molecular weight excluding hydrogens is 268 g/mol. The lowest BCUT2D eigenvalue weighted by Crippen LogP contribution is -2.25. The van der Waals surface area contributed by atoms with E-state index in [2.05, 4.69) is 20.6 Å². The lowest BCUT2D eigenvalue weighted by Gasteiger charge is -2.08. The molecule has 1 saturated carbocycles. The number of hydrogen-bond donors (Lipinski definition) is 2. The van der Waals surface area contributed by atoms with Crippen LogP contribution in [0.25, 0.3) is 0 Å². The van der Waals surface area contributed by atoms with Crippen LogP contribution in [0.15, 0.2) is 6.20 Å². The number of carbonyl (C=O) groups is 1. The number of methoxy groups -OCH3 is 1. The van der Waals surface area contributed by atoms with Crippen molar-refractivity contribution in [3.63, 3.8) is 0 Å². The Balaban J connectivity index is 1.70. The number of anilines is 1. The zero-order chi connectivity index (χ0) is 13.7. The monoisotopic (exact) mass is 284 g/mol. The van der Waals surface area contributed by atoms with Crippen molar-refractivity contribution in [2.45, 2.75) is 31.7 Å². The van der Waals surface area contributed by atoms with Gasteiger partial charge in [-0.25, -0.2) is 4.98 Å². The van der Waals surface area contributed by atoms with E-state index < -0.39 is 0 Å². The Bertz CT molecular complexity index is 451. The molecular formula is C12H17ClN4O2. The molecule has 2 rings (SSSR count). The minimum Gasteiger partial charge on any atom is -0.467 e. The van der Waals surface area contributed by atoms with Gasteiger partial charge in [0, 0.05) is 19.0 Å². The molecule has 0 atom stereocenters. The van der Waals surface area contributed by atoms with Crippen LogP contribution >= 0.6 is 11.6 Å². The highest BCUT2D eigenvalue weighted by Gasteiger charge is 2.22. The Morgan fingerprint density at radius 1 is 1.58 bits per heavy atom. The molecule has 1 amide bonds. The normalized spacial score (nSPS) is 14.0. The second-order valence-corrected chi connectivity index (χ2v) is 4.83. The first-order valence-electron chi connectivity index (χ1n) is 6.29. The lowest BCUT2D eigenvalue weighted by molar-refractivity contribution is -0.121. The Hall–Kier alpha value is -1.56. The fraction of sp³-hybridized carbons (Fsp3) is 0.583. The topological polar surface area (TPSA) is 76.1 Å². The molecule has 1 aliphatic rings. The number of halogens is 1. The van der Waals surface area contributed by atoms with Gasteiger partial charge in [0.2, 0.25) is 5.91 Å². The standard InChI is InChI=1S/C12H17ClN4O2/c1-19-12-15-7-9(13)11(17-12)14-6-2-3-10(18)16-8-4-5-8/h7-8H,2-6H2,1H3,(H,16,18)(H,14,15,17). The molecule has 0 saturated heterocycles. The van der Waals surface area contributed by atoms with Gasteiger partial charge in [-0.1, -0.05) is 11.6 Å². The predicted octanol–water partition coefficient (Wildman–Crippen LogP) is 1.61. The van der Waals surface area contributed by atoms with Gasteiger partial charge in [0.05, 0.1) is 13.3 Å². The molecule has 6 nitrogen and oxygen atoms in total. The van der Waals surface area contributed by atoms with E-state index >= 15 is 0 Å². The van der Waals surface area contributed by atoms with Crippen molar-refractivity contribution in [2.24, 2.45) is 0 Å². The highest BCUT2D eigenvalue weighted by atomic mass is 35.5. The quantitative estimate of drug-likeness (QED) is 0.744. The molecule has 0 unspecified atom stereocenters. The maximum atomic E-state index is 11.5. The first-order valence-corrected chi connectivity index (χ1v) is 6.66. The molecule has 0 aliphatic heterocycles. The molecule has 2 N–H and O–H groups in total. The summed E-state index contributed by atoms with van der Waals surface area (Å²) in [5, 5.41) is 6.45. The van der Waals surface area contributed by atoms with Gasteiger partial charge in [0.15, 0.2) is 5.82 Å². The predicted molar refractivity (Wildman–Crippen MR) is 72.5 cm³/mol. The largest absolute Gasteiger partial charge is 0.467 e. The van der Waals surface area contributed by atoms with Gasteiger partial charge in [-0.2, -0.15) is 4.98 Å². The van der Waals surface area contributed by atoms with Crippen molar-refractivity contribution in [3.05, 3.63) is 11.2 Å². The Morgan fingerprint density at radius 2 is 2.37 bits per heavy atom. The smallest absolute Gasteiger partial charge is 0.318 e. The third-order valence-corrected chi connectivity index (χ3v) is 3.00. The second-order valence-electron chi connectivity index (χ2n) is 4.43. The van der Waals surface area contributed by atoms with Gasteiger partial charge in [0.1, 0.15) is 5.02 Å². The van der Waals surface area contributed by atoms with E-state index in [0.29, 0.717) is 29.8 Å². The maximum Gasteiger partial charge on any atom is 0.318 e. The van der Waals surface area contributed by atoms with Crippen molar-refractivity contribution in [2.75, 3.05) is 19.0 Å². The zero-order valence-corrected chi connectivity index (χ0v) is 11.5. The number of rotatable bonds is 7. The Kier molecular flexibility index (Phi) is 4.79. The van der Waals surface area contributed by atoms with Crippen LogP contribution in [0.4, 0.5) is 5.82 Å². The fourth-order valence-electron chi connectivity index (χ4n) is 1.56. The average molecular weight is 285 g/mol. The van der Waals surface area contributed by atoms with E-state index in [9.17, 15) is 4.79 Å². The number of carbonyl (C=O) groups excluding carboxylic acids is 1. The molecule has 0 bridgehead atoms. The summed E-state index contributed by atoms with van der Waals surface area (Å²) >= 11 is 5.95. The summed E-state index contributed by atoms with van der Waals surface area (Å²) in [7, 11) is 1.50. The van der Waals surface area contributed by atoms with Crippen molar-refractivity contribution < 1.29 is 9.53 Å². The molecule has 1 fully saturated rings. The summed E-state index contributed by atoms with van der Waals surface area (Å²) in [4.78, 5) is 19.4. The van der Waals surface area contributed by atoms with Gasteiger partial charge < -0.3 is 15.4 Å². The van der Waals surface area contributed by atoms with Crippen LogP contribution in [0.2, 0.25) is 5.02 Å². The molecule has 19 heavy (non-hydrogen) atoms. The number of hydrogen-bond acceptors (Lipinski definition) is 5. The van der Waals surface area contributed by atoms with Crippen LogP contribution in [-0.4, -0.2) is 35.6 Å². The van der Waals surface area contributed by atoms with Crippen LogP contribution in [-0.2, 0) is 4.79 Å². The summed E-state index contributed by atoms with van der Waals surface area (Å²) in [6.07, 6.45) is 4.93. The Morgan fingerprint density at radius 3 is 3.05 bits per heavy atom. The molecule has 1 aromatic heterocycles. The van der Waals surface area contributed by atoms with Crippen LogP contribution in [0.5, 0.6) is 6.01 Å². The van der Waals surface area contributed by atoms with E-state index in [1.54, 1.807) is 0 Å². The van der Waals surface area contributed by atoms with Crippen LogP contribution in [0.3, 0.4) is 0 Å². The third kappa shape index (κ3) is 4.55. The number of amides is 1. The van der Waals surface area contributed by atoms with Crippen LogP contribution < -0.4 is 15.4 Å². The van der Waals surface area contributed by atoms with Crippen molar-refractivity contribution in [1.82, 2.24) is 15.3 Å². The summed E-state index contributed by atoms with van der Waals surface area (Å²) in [5.41, 5.74) is 0. The van der Waals surface area contributed by atoms with Crippen LogP contribution in [0.1, 0.15) is 25.7 Å². The number of nitrogens with zero attached hydrogens (tertiary/aromatic N) is 2. The highest BCUT2D eigenvalue weighted by molar-refractivity contribution is 6.32.